The number of amides is 1. The number of carbonyl (C=O) groups is 3. The Hall–Kier alpha value is -2.99. The maximum Gasteiger partial charge on any atom is 0.347 e. The lowest BCUT2D eigenvalue weighted by molar-refractivity contribution is -0.166. The van der Waals surface area contributed by atoms with E-state index in [0.717, 1.165) is 5.56 Å². The summed E-state index contributed by atoms with van der Waals surface area (Å²) in [5.74, 6) is -2.38. The van der Waals surface area contributed by atoms with Crippen LogP contribution in [-0.4, -0.2) is 29.5 Å². The smallest absolute Gasteiger partial charge is 0.347 e. The van der Waals surface area contributed by atoms with E-state index in [-0.39, 0.29) is 12.3 Å². The molecule has 2 aromatic rings. The molecule has 124 valence electrons. The van der Waals surface area contributed by atoms with Gasteiger partial charge in [0.25, 0.3) is 0 Å². The number of hydrogen-bond acceptors (Lipinski definition) is 5. The standard InChI is InChI=1S/C18H17NO5/c20-15(11-13-7-3-1-4-8-13)19-12-16(21)24-18(23)17(22)14-9-5-2-6-10-14/h1-10,17,22H,11-12H2,(H,19,20)/t17-/m1/s1. The van der Waals surface area contributed by atoms with Crippen molar-refractivity contribution in [1.82, 2.24) is 5.32 Å². The van der Waals surface area contributed by atoms with Gasteiger partial charge in [-0.15, -0.1) is 0 Å². The number of benzene rings is 2. The van der Waals surface area contributed by atoms with Crippen LogP contribution in [0.2, 0.25) is 0 Å². The fourth-order valence-corrected chi connectivity index (χ4v) is 1.99. The number of rotatable bonds is 6. The molecule has 0 spiro atoms. The predicted octanol–water partition coefficient (Wildman–Crippen LogP) is 1.15. The van der Waals surface area contributed by atoms with Crippen LogP contribution in [-0.2, 0) is 25.5 Å². The Morgan fingerprint density at radius 1 is 0.958 bits per heavy atom. The monoisotopic (exact) mass is 327 g/mol. The number of aliphatic hydroxyl groups excluding tert-OH is 1. The van der Waals surface area contributed by atoms with Crippen LogP contribution >= 0.6 is 0 Å². The molecule has 0 fully saturated rings. The Morgan fingerprint density at radius 3 is 2.17 bits per heavy atom. The van der Waals surface area contributed by atoms with Crippen LogP contribution in [0.3, 0.4) is 0 Å². The largest absolute Gasteiger partial charge is 0.390 e. The molecule has 1 amide bonds. The quantitative estimate of drug-likeness (QED) is 0.613. The van der Waals surface area contributed by atoms with Crippen molar-refractivity contribution in [1.29, 1.82) is 0 Å². The van der Waals surface area contributed by atoms with Gasteiger partial charge in [-0.05, 0) is 11.1 Å². The molecule has 0 heterocycles. The van der Waals surface area contributed by atoms with Gasteiger partial charge in [-0.25, -0.2) is 9.59 Å². The number of esters is 2. The van der Waals surface area contributed by atoms with Crippen molar-refractivity contribution in [2.75, 3.05) is 6.54 Å². The van der Waals surface area contributed by atoms with Crippen LogP contribution in [0.5, 0.6) is 0 Å². The molecular weight excluding hydrogens is 310 g/mol. The second-order valence-electron chi connectivity index (χ2n) is 5.05. The molecule has 6 nitrogen and oxygen atoms in total. The summed E-state index contributed by atoms with van der Waals surface area (Å²) in [7, 11) is 0. The summed E-state index contributed by atoms with van der Waals surface area (Å²) in [6.45, 7) is -0.446. The Morgan fingerprint density at radius 2 is 1.54 bits per heavy atom. The van der Waals surface area contributed by atoms with Crippen molar-refractivity contribution in [3.63, 3.8) is 0 Å². The minimum Gasteiger partial charge on any atom is -0.390 e. The molecule has 2 rings (SSSR count). The molecule has 1 atom stereocenters. The van der Waals surface area contributed by atoms with Crippen molar-refractivity contribution < 1.29 is 24.2 Å². The second kappa shape index (κ2) is 8.59. The highest BCUT2D eigenvalue weighted by atomic mass is 16.6. The molecule has 0 aliphatic carbocycles. The molecule has 2 N–H and O–H groups in total. The van der Waals surface area contributed by atoms with Crippen molar-refractivity contribution in [2.45, 2.75) is 12.5 Å². The van der Waals surface area contributed by atoms with E-state index in [9.17, 15) is 19.5 Å². The van der Waals surface area contributed by atoms with Gasteiger partial charge in [0.1, 0.15) is 6.54 Å². The molecule has 0 bridgehead atoms. The third-order valence-corrected chi connectivity index (χ3v) is 3.19. The lowest BCUT2D eigenvalue weighted by Crippen LogP contribution is -2.33. The summed E-state index contributed by atoms with van der Waals surface area (Å²) in [5.41, 5.74) is 1.13. The van der Waals surface area contributed by atoms with Crippen molar-refractivity contribution in [3.05, 3.63) is 71.8 Å². The van der Waals surface area contributed by atoms with Crippen molar-refractivity contribution >= 4 is 17.8 Å². The third kappa shape index (κ3) is 5.33. The molecule has 0 aromatic heterocycles. The number of hydrogen-bond donors (Lipinski definition) is 2. The van der Waals surface area contributed by atoms with Crippen LogP contribution in [0.1, 0.15) is 17.2 Å². The van der Waals surface area contributed by atoms with Gasteiger partial charge in [0, 0.05) is 0 Å². The van der Waals surface area contributed by atoms with Crippen LogP contribution in [0, 0.1) is 0 Å². The molecular formula is C18H17NO5. The third-order valence-electron chi connectivity index (χ3n) is 3.19. The lowest BCUT2D eigenvalue weighted by Gasteiger charge is -2.10. The molecule has 0 saturated carbocycles. The van der Waals surface area contributed by atoms with Crippen molar-refractivity contribution in [2.24, 2.45) is 0 Å². The number of ether oxygens (including phenoxy) is 1. The van der Waals surface area contributed by atoms with Gasteiger partial charge in [0.2, 0.25) is 5.91 Å². The Balaban J connectivity index is 1.76. The normalized spacial score (nSPS) is 11.4. The first-order valence-electron chi connectivity index (χ1n) is 7.34. The molecule has 0 saturated heterocycles. The maximum atomic E-state index is 11.7. The fourth-order valence-electron chi connectivity index (χ4n) is 1.99. The molecule has 2 aromatic carbocycles. The Labute approximate surface area is 139 Å². The first kappa shape index (κ1) is 17.4. The van der Waals surface area contributed by atoms with Crippen LogP contribution in [0.15, 0.2) is 60.7 Å². The first-order chi connectivity index (χ1) is 11.6. The highest BCUT2D eigenvalue weighted by molar-refractivity contribution is 5.91. The van der Waals surface area contributed by atoms with E-state index in [4.69, 9.17) is 0 Å². The van der Waals surface area contributed by atoms with E-state index in [1.807, 2.05) is 6.07 Å². The van der Waals surface area contributed by atoms with E-state index < -0.39 is 24.6 Å². The fraction of sp³-hybridized carbons (Fsp3) is 0.167. The van der Waals surface area contributed by atoms with Crippen LogP contribution in [0.25, 0.3) is 0 Å². The zero-order chi connectivity index (χ0) is 17.4. The molecule has 0 radical (unpaired) electrons. The van der Waals surface area contributed by atoms with E-state index in [1.54, 1.807) is 42.5 Å². The summed E-state index contributed by atoms with van der Waals surface area (Å²) in [5, 5.41) is 12.2. The van der Waals surface area contributed by atoms with Crippen molar-refractivity contribution in [3.8, 4) is 0 Å². The SMILES string of the molecule is O=C(Cc1ccccc1)NCC(=O)OC(=O)[C@H](O)c1ccccc1. The zero-order valence-corrected chi connectivity index (χ0v) is 12.8. The van der Waals surface area contributed by atoms with Crippen LogP contribution < -0.4 is 5.32 Å². The van der Waals surface area contributed by atoms with E-state index in [1.165, 1.54) is 12.1 Å². The molecule has 24 heavy (non-hydrogen) atoms. The van der Waals surface area contributed by atoms with Gasteiger partial charge < -0.3 is 15.2 Å². The molecule has 0 unspecified atom stereocenters. The number of nitrogens with one attached hydrogen (secondary N) is 1. The molecule has 0 aliphatic rings. The van der Waals surface area contributed by atoms with Gasteiger partial charge in [0.05, 0.1) is 6.42 Å². The predicted molar refractivity (Wildman–Crippen MR) is 85.7 cm³/mol. The molecule has 0 aliphatic heterocycles. The Bertz CT molecular complexity index is 700. The minimum absolute atomic E-state index is 0.120. The topological polar surface area (TPSA) is 92.7 Å². The van der Waals surface area contributed by atoms with Gasteiger partial charge in [-0.2, -0.15) is 0 Å². The first-order valence-corrected chi connectivity index (χ1v) is 7.34. The van der Waals surface area contributed by atoms with Gasteiger partial charge in [-0.3, -0.25) is 4.79 Å². The number of carbonyl (C=O) groups excluding carboxylic acids is 3. The van der Waals surface area contributed by atoms with E-state index in [2.05, 4.69) is 10.1 Å². The summed E-state index contributed by atoms with van der Waals surface area (Å²) in [6, 6.07) is 17.1. The summed E-state index contributed by atoms with van der Waals surface area (Å²) < 4.78 is 4.52. The van der Waals surface area contributed by atoms with Crippen LogP contribution in [0.4, 0.5) is 0 Å². The van der Waals surface area contributed by atoms with Gasteiger partial charge >= 0.3 is 11.9 Å². The molecule has 6 heteroatoms. The summed E-state index contributed by atoms with van der Waals surface area (Å²) in [4.78, 5) is 35.0. The van der Waals surface area contributed by atoms with E-state index >= 15 is 0 Å². The highest BCUT2D eigenvalue weighted by Crippen LogP contribution is 2.13. The second-order valence-corrected chi connectivity index (χ2v) is 5.05. The minimum atomic E-state index is -1.55. The van der Waals surface area contributed by atoms with Gasteiger partial charge in [-0.1, -0.05) is 60.7 Å². The maximum absolute atomic E-state index is 11.7. The highest BCUT2D eigenvalue weighted by Gasteiger charge is 2.22. The summed E-state index contributed by atoms with van der Waals surface area (Å²) in [6.07, 6.45) is -1.43. The zero-order valence-electron chi connectivity index (χ0n) is 12.8. The lowest BCUT2D eigenvalue weighted by atomic mass is 10.1. The van der Waals surface area contributed by atoms with Gasteiger partial charge in [0.15, 0.2) is 6.10 Å². The Kier molecular flexibility index (Phi) is 6.22. The number of aliphatic hydroxyl groups is 1. The average Bonchev–Trinajstić information content (AvgIpc) is 2.61. The van der Waals surface area contributed by atoms with E-state index in [0.29, 0.717) is 5.56 Å². The summed E-state index contributed by atoms with van der Waals surface area (Å²) >= 11 is 0. The average molecular weight is 327 g/mol.